The molecule has 0 radical (unpaired) electrons. The average Bonchev–Trinajstić information content (AvgIpc) is 3.47. The SMILES string of the molecule is CCOc1cccc(C2C(C(=O)c3cccs3)=C(O)C(=O)N2Cc2ccco2)c1. The van der Waals surface area contributed by atoms with E-state index in [1.807, 2.05) is 19.1 Å². The van der Waals surface area contributed by atoms with Crippen LogP contribution in [0.5, 0.6) is 5.75 Å². The van der Waals surface area contributed by atoms with E-state index in [1.54, 1.807) is 41.8 Å². The van der Waals surface area contributed by atoms with Gasteiger partial charge < -0.3 is 19.2 Å². The minimum absolute atomic E-state index is 0.0673. The van der Waals surface area contributed by atoms with Gasteiger partial charge in [0.25, 0.3) is 5.91 Å². The Labute approximate surface area is 171 Å². The Hall–Kier alpha value is -3.32. The molecule has 0 saturated heterocycles. The number of amides is 1. The standard InChI is InChI=1S/C22H19NO5S/c1-2-27-15-7-3-6-14(12-15)19-18(20(24)17-9-5-11-29-17)21(25)22(26)23(19)13-16-8-4-10-28-16/h3-12,19,25H,2,13H2,1H3. The number of ether oxygens (including phenoxy) is 1. The minimum atomic E-state index is -0.748. The van der Waals surface area contributed by atoms with Crippen molar-refractivity contribution in [2.75, 3.05) is 6.61 Å². The van der Waals surface area contributed by atoms with Crippen molar-refractivity contribution < 1.29 is 23.8 Å². The van der Waals surface area contributed by atoms with Crippen molar-refractivity contribution >= 4 is 23.0 Å². The molecule has 3 aromatic rings. The first-order chi connectivity index (χ1) is 14.1. The van der Waals surface area contributed by atoms with Gasteiger partial charge in [0.1, 0.15) is 11.5 Å². The van der Waals surface area contributed by atoms with Crippen molar-refractivity contribution in [2.24, 2.45) is 0 Å². The van der Waals surface area contributed by atoms with Crippen LogP contribution in [0.25, 0.3) is 0 Å². The summed E-state index contributed by atoms with van der Waals surface area (Å²) >= 11 is 1.27. The molecule has 0 bridgehead atoms. The highest BCUT2D eigenvalue weighted by atomic mass is 32.1. The number of thiophene rings is 1. The molecule has 1 aliphatic rings. The number of nitrogens with zero attached hydrogens (tertiary/aromatic N) is 1. The highest BCUT2D eigenvalue weighted by Crippen LogP contribution is 2.41. The van der Waals surface area contributed by atoms with E-state index in [4.69, 9.17) is 9.15 Å². The zero-order valence-electron chi connectivity index (χ0n) is 15.7. The second-order valence-corrected chi connectivity index (χ2v) is 7.44. The molecule has 7 heteroatoms. The summed E-state index contributed by atoms with van der Waals surface area (Å²) in [6.07, 6.45) is 1.52. The molecule has 0 saturated carbocycles. The zero-order chi connectivity index (χ0) is 20.4. The molecule has 1 amide bonds. The van der Waals surface area contributed by atoms with E-state index in [1.165, 1.54) is 22.5 Å². The molecule has 4 rings (SSSR count). The van der Waals surface area contributed by atoms with E-state index < -0.39 is 17.7 Å². The van der Waals surface area contributed by atoms with Gasteiger partial charge in [0.05, 0.1) is 35.9 Å². The van der Waals surface area contributed by atoms with Crippen LogP contribution in [0, 0.1) is 0 Å². The highest BCUT2D eigenvalue weighted by Gasteiger charge is 2.44. The lowest BCUT2D eigenvalue weighted by Gasteiger charge is -2.26. The monoisotopic (exact) mass is 409 g/mol. The summed E-state index contributed by atoms with van der Waals surface area (Å²) in [5, 5.41) is 12.4. The second-order valence-electron chi connectivity index (χ2n) is 6.49. The summed E-state index contributed by atoms with van der Waals surface area (Å²) in [6, 6.07) is 13.4. The maximum atomic E-state index is 13.2. The van der Waals surface area contributed by atoms with Crippen LogP contribution in [0.15, 0.2) is 75.9 Å². The van der Waals surface area contributed by atoms with Crippen molar-refractivity contribution in [3.63, 3.8) is 0 Å². The first-order valence-electron chi connectivity index (χ1n) is 9.17. The number of hydrogen-bond acceptors (Lipinski definition) is 6. The fourth-order valence-corrected chi connectivity index (χ4v) is 4.13. The molecule has 1 unspecified atom stereocenters. The Morgan fingerprint density at radius 1 is 1.24 bits per heavy atom. The van der Waals surface area contributed by atoms with E-state index in [0.717, 1.165) is 0 Å². The maximum Gasteiger partial charge on any atom is 0.290 e. The van der Waals surface area contributed by atoms with Gasteiger partial charge in [-0.25, -0.2) is 0 Å². The quantitative estimate of drug-likeness (QED) is 0.581. The molecule has 29 heavy (non-hydrogen) atoms. The Bertz CT molecular complexity index is 1050. The fraction of sp³-hybridized carbons (Fsp3) is 0.182. The molecule has 2 aromatic heterocycles. The molecule has 6 nitrogen and oxygen atoms in total. The Kier molecular flexibility index (Phi) is 5.22. The summed E-state index contributed by atoms with van der Waals surface area (Å²) in [4.78, 5) is 28.0. The number of carbonyl (C=O) groups excluding carboxylic acids is 2. The van der Waals surface area contributed by atoms with Gasteiger partial charge in [0, 0.05) is 0 Å². The number of carbonyl (C=O) groups is 2. The van der Waals surface area contributed by atoms with Gasteiger partial charge in [-0.15, -0.1) is 11.3 Å². The lowest BCUT2D eigenvalue weighted by atomic mass is 9.95. The first kappa shape index (κ1) is 19.0. The molecule has 1 atom stereocenters. The number of aliphatic hydroxyl groups excluding tert-OH is 1. The number of Topliss-reactive ketones (excluding diaryl/α,β-unsaturated/α-hetero) is 1. The van der Waals surface area contributed by atoms with Gasteiger partial charge in [0.2, 0.25) is 5.78 Å². The van der Waals surface area contributed by atoms with Gasteiger partial charge in [-0.05, 0) is 48.2 Å². The lowest BCUT2D eigenvalue weighted by molar-refractivity contribution is -0.130. The summed E-state index contributed by atoms with van der Waals surface area (Å²) in [7, 11) is 0. The summed E-state index contributed by atoms with van der Waals surface area (Å²) in [6.45, 7) is 2.50. The smallest absolute Gasteiger partial charge is 0.290 e. The van der Waals surface area contributed by atoms with E-state index in [0.29, 0.717) is 28.6 Å². The van der Waals surface area contributed by atoms with Gasteiger partial charge in [-0.1, -0.05) is 18.2 Å². The van der Waals surface area contributed by atoms with Crippen LogP contribution in [0.3, 0.4) is 0 Å². The molecule has 1 N–H and O–H groups in total. The summed E-state index contributed by atoms with van der Waals surface area (Å²) < 4.78 is 11.0. The van der Waals surface area contributed by atoms with Crippen molar-refractivity contribution in [1.29, 1.82) is 0 Å². The molecule has 0 fully saturated rings. The Balaban J connectivity index is 1.80. The Morgan fingerprint density at radius 3 is 2.79 bits per heavy atom. The molecule has 148 valence electrons. The van der Waals surface area contributed by atoms with Crippen LogP contribution in [-0.4, -0.2) is 28.3 Å². The van der Waals surface area contributed by atoms with Crippen LogP contribution in [0.1, 0.15) is 34.0 Å². The summed E-state index contributed by atoms with van der Waals surface area (Å²) in [5.41, 5.74) is 0.748. The third-order valence-electron chi connectivity index (χ3n) is 4.68. The number of furan rings is 1. The molecular formula is C22H19NO5S. The van der Waals surface area contributed by atoms with Crippen molar-refractivity contribution in [3.05, 3.63) is 87.7 Å². The lowest BCUT2D eigenvalue weighted by Crippen LogP contribution is -2.30. The topological polar surface area (TPSA) is 80.0 Å². The second kappa shape index (κ2) is 7.97. The van der Waals surface area contributed by atoms with Crippen LogP contribution in [0.2, 0.25) is 0 Å². The van der Waals surface area contributed by atoms with Crippen molar-refractivity contribution in [3.8, 4) is 5.75 Å². The molecule has 1 aromatic carbocycles. The van der Waals surface area contributed by atoms with Crippen LogP contribution < -0.4 is 4.74 Å². The number of rotatable bonds is 7. The summed E-state index contributed by atoms with van der Waals surface area (Å²) in [5.74, 6) is -0.304. The minimum Gasteiger partial charge on any atom is -0.503 e. The number of aliphatic hydroxyl groups is 1. The van der Waals surface area contributed by atoms with Crippen molar-refractivity contribution in [1.82, 2.24) is 4.90 Å². The largest absolute Gasteiger partial charge is 0.503 e. The van der Waals surface area contributed by atoms with Crippen LogP contribution in [-0.2, 0) is 11.3 Å². The molecular weight excluding hydrogens is 390 g/mol. The van der Waals surface area contributed by atoms with Crippen LogP contribution >= 0.6 is 11.3 Å². The Morgan fingerprint density at radius 2 is 2.10 bits per heavy atom. The number of benzene rings is 1. The molecule has 0 spiro atoms. The van der Waals surface area contributed by atoms with Gasteiger partial charge >= 0.3 is 0 Å². The molecule has 3 heterocycles. The van der Waals surface area contributed by atoms with E-state index in [-0.39, 0.29) is 17.9 Å². The average molecular weight is 409 g/mol. The van der Waals surface area contributed by atoms with Crippen molar-refractivity contribution in [2.45, 2.75) is 19.5 Å². The van der Waals surface area contributed by atoms with E-state index >= 15 is 0 Å². The molecule has 0 aliphatic carbocycles. The van der Waals surface area contributed by atoms with Crippen LogP contribution in [0.4, 0.5) is 0 Å². The van der Waals surface area contributed by atoms with E-state index in [2.05, 4.69) is 0 Å². The third-order valence-corrected chi connectivity index (χ3v) is 5.55. The van der Waals surface area contributed by atoms with Gasteiger partial charge in [-0.2, -0.15) is 0 Å². The normalized spacial score (nSPS) is 16.5. The first-order valence-corrected chi connectivity index (χ1v) is 10.1. The fourth-order valence-electron chi connectivity index (χ4n) is 3.45. The highest BCUT2D eigenvalue weighted by molar-refractivity contribution is 7.12. The third kappa shape index (κ3) is 3.56. The van der Waals surface area contributed by atoms with Gasteiger partial charge in [-0.3, -0.25) is 9.59 Å². The zero-order valence-corrected chi connectivity index (χ0v) is 16.5. The molecule has 1 aliphatic heterocycles. The number of hydrogen-bond donors (Lipinski definition) is 1. The van der Waals surface area contributed by atoms with Gasteiger partial charge in [0.15, 0.2) is 5.76 Å². The maximum absolute atomic E-state index is 13.2. The van der Waals surface area contributed by atoms with E-state index in [9.17, 15) is 14.7 Å². The predicted molar refractivity (Wildman–Crippen MR) is 108 cm³/mol. The predicted octanol–water partition coefficient (Wildman–Crippen LogP) is 4.52. The number of ketones is 1.